The zero-order valence-corrected chi connectivity index (χ0v) is 23.4. The number of hydrogen-bond acceptors (Lipinski definition) is 5. The lowest BCUT2D eigenvalue weighted by atomic mass is 9.97. The summed E-state index contributed by atoms with van der Waals surface area (Å²) in [6.45, 7) is 15.6. The molecular weight excluding hydrogens is 458 g/mol. The zero-order valence-electron chi connectivity index (χ0n) is 23.4. The molecule has 0 radical (unpaired) electrons. The summed E-state index contributed by atoms with van der Waals surface area (Å²) in [5, 5.41) is 15.7. The molecule has 0 aliphatic carbocycles. The molecule has 0 saturated carbocycles. The summed E-state index contributed by atoms with van der Waals surface area (Å²) in [4.78, 5) is 41.3. The Balaban J connectivity index is 3.37. The standard InChI is InChI=1S/C28H47N3O5/c1-9-10-11-17-29-25(33)24(22-13-12-14-23(32)18-22)31(20(4)16-15-19(2)3)26(34)21(5)30-27(35)36-28(6,7)8/h12-14,18-21,24,32H,9-11,15-17H2,1-8H3,(H,29,33)(H,30,35). The van der Waals surface area contributed by atoms with Crippen molar-refractivity contribution in [3.05, 3.63) is 29.8 Å². The molecule has 0 aliphatic heterocycles. The summed E-state index contributed by atoms with van der Waals surface area (Å²) in [6, 6.07) is 4.25. The number of nitrogens with zero attached hydrogens (tertiary/aromatic N) is 1. The minimum absolute atomic E-state index is 0.0124. The Labute approximate surface area is 217 Å². The summed E-state index contributed by atoms with van der Waals surface area (Å²) in [6.07, 6.45) is 3.70. The lowest BCUT2D eigenvalue weighted by molar-refractivity contribution is -0.144. The van der Waals surface area contributed by atoms with Crippen molar-refractivity contribution in [3.63, 3.8) is 0 Å². The molecule has 1 aromatic rings. The number of phenolic OH excluding ortho intramolecular Hbond substituents is 1. The number of hydrogen-bond donors (Lipinski definition) is 3. The van der Waals surface area contributed by atoms with Crippen LogP contribution in [0.2, 0.25) is 0 Å². The molecule has 3 unspecified atom stereocenters. The Morgan fingerprint density at radius 3 is 2.28 bits per heavy atom. The second-order valence-electron chi connectivity index (χ2n) is 10.9. The van der Waals surface area contributed by atoms with Crippen LogP contribution in [0, 0.1) is 5.92 Å². The Hall–Kier alpha value is -2.77. The SMILES string of the molecule is CCCCCNC(=O)C(c1cccc(O)c1)N(C(=O)C(C)NC(=O)OC(C)(C)C)C(C)CCC(C)C. The molecule has 3 N–H and O–H groups in total. The van der Waals surface area contributed by atoms with Crippen molar-refractivity contribution in [1.82, 2.24) is 15.5 Å². The number of aromatic hydroxyl groups is 1. The van der Waals surface area contributed by atoms with Gasteiger partial charge in [0.25, 0.3) is 0 Å². The van der Waals surface area contributed by atoms with Gasteiger partial charge in [-0.3, -0.25) is 9.59 Å². The summed E-state index contributed by atoms with van der Waals surface area (Å²) in [5.74, 6) is -0.276. The first-order valence-corrected chi connectivity index (χ1v) is 13.1. The second kappa shape index (κ2) is 14.7. The van der Waals surface area contributed by atoms with E-state index >= 15 is 0 Å². The first-order chi connectivity index (χ1) is 16.8. The highest BCUT2D eigenvalue weighted by Crippen LogP contribution is 2.29. The number of rotatable bonds is 13. The first-order valence-electron chi connectivity index (χ1n) is 13.1. The third-order valence-electron chi connectivity index (χ3n) is 5.79. The van der Waals surface area contributed by atoms with Gasteiger partial charge < -0.3 is 25.4 Å². The topological polar surface area (TPSA) is 108 Å². The second-order valence-corrected chi connectivity index (χ2v) is 10.9. The minimum Gasteiger partial charge on any atom is -0.508 e. The van der Waals surface area contributed by atoms with E-state index in [0.29, 0.717) is 24.4 Å². The summed E-state index contributed by atoms with van der Waals surface area (Å²) in [5.41, 5.74) is -0.197. The van der Waals surface area contributed by atoms with Crippen LogP contribution < -0.4 is 10.6 Å². The van der Waals surface area contributed by atoms with E-state index in [2.05, 4.69) is 31.4 Å². The van der Waals surface area contributed by atoms with Crippen LogP contribution >= 0.6 is 0 Å². The highest BCUT2D eigenvalue weighted by molar-refractivity contribution is 5.92. The minimum atomic E-state index is -0.962. The summed E-state index contributed by atoms with van der Waals surface area (Å²) in [7, 11) is 0. The molecule has 0 heterocycles. The Morgan fingerprint density at radius 2 is 1.72 bits per heavy atom. The number of carbonyl (C=O) groups is 3. The van der Waals surface area contributed by atoms with Gasteiger partial charge in [0.2, 0.25) is 11.8 Å². The van der Waals surface area contributed by atoms with Gasteiger partial charge in [-0.25, -0.2) is 4.79 Å². The number of amides is 3. The number of ether oxygens (including phenoxy) is 1. The number of phenols is 1. The molecule has 8 heteroatoms. The number of carbonyl (C=O) groups excluding carboxylic acids is 3. The summed E-state index contributed by atoms with van der Waals surface area (Å²) < 4.78 is 5.33. The van der Waals surface area contributed by atoms with Crippen molar-refractivity contribution in [2.45, 2.75) is 111 Å². The largest absolute Gasteiger partial charge is 0.508 e. The molecule has 36 heavy (non-hydrogen) atoms. The van der Waals surface area contributed by atoms with Gasteiger partial charge in [-0.15, -0.1) is 0 Å². The van der Waals surface area contributed by atoms with Gasteiger partial charge in [-0.2, -0.15) is 0 Å². The maximum Gasteiger partial charge on any atom is 0.408 e. The quantitative estimate of drug-likeness (QED) is 0.315. The molecule has 0 spiro atoms. The maximum absolute atomic E-state index is 13.8. The molecule has 0 saturated heterocycles. The van der Waals surface area contributed by atoms with E-state index in [0.717, 1.165) is 25.7 Å². The first kappa shape index (κ1) is 31.3. The maximum atomic E-state index is 13.8. The fourth-order valence-corrected chi connectivity index (χ4v) is 3.90. The molecule has 1 rings (SSSR count). The van der Waals surface area contributed by atoms with Crippen molar-refractivity contribution in [2.24, 2.45) is 5.92 Å². The molecule has 204 valence electrons. The van der Waals surface area contributed by atoms with Gasteiger partial charge in [0, 0.05) is 12.6 Å². The Bertz CT molecular complexity index is 850. The van der Waals surface area contributed by atoms with Crippen LogP contribution in [0.25, 0.3) is 0 Å². The van der Waals surface area contributed by atoms with E-state index < -0.39 is 29.7 Å². The van der Waals surface area contributed by atoms with Gasteiger partial charge >= 0.3 is 6.09 Å². The molecule has 3 atom stereocenters. The van der Waals surface area contributed by atoms with E-state index in [1.807, 2.05) is 6.92 Å². The van der Waals surface area contributed by atoms with Crippen LogP contribution in [0.4, 0.5) is 4.79 Å². The van der Waals surface area contributed by atoms with Gasteiger partial charge in [0.15, 0.2) is 0 Å². The highest BCUT2D eigenvalue weighted by Gasteiger charge is 2.37. The van der Waals surface area contributed by atoms with Crippen molar-refractivity contribution < 1.29 is 24.2 Å². The number of benzene rings is 1. The highest BCUT2D eigenvalue weighted by atomic mass is 16.6. The molecule has 1 aromatic carbocycles. The third-order valence-corrected chi connectivity index (χ3v) is 5.79. The summed E-state index contributed by atoms with van der Waals surface area (Å²) >= 11 is 0. The smallest absolute Gasteiger partial charge is 0.408 e. The van der Waals surface area contributed by atoms with Crippen molar-refractivity contribution in [3.8, 4) is 5.75 Å². The molecule has 0 aliphatic rings. The lowest BCUT2D eigenvalue weighted by Gasteiger charge is -2.38. The van der Waals surface area contributed by atoms with Gasteiger partial charge in [-0.05, 0) is 77.5 Å². The normalized spacial score (nSPS) is 14.0. The fourth-order valence-electron chi connectivity index (χ4n) is 3.90. The molecular formula is C28H47N3O5. The van der Waals surface area contributed by atoms with Crippen molar-refractivity contribution in [1.29, 1.82) is 0 Å². The number of nitrogens with one attached hydrogen (secondary N) is 2. The van der Waals surface area contributed by atoms with Crippen LogP contribution in [-0.4, -0.2) is 52.1 Å². The van der Waals surface area contributed by atoms with E-state index in [1.54, 1.807) is 44.7 Å². The molecule has 8 nitrogen and oxygen atoms in total. The molecule has 0 fully saturated rings. The molecule has 0 bridgehead atoms. The van der Waals surface area contributed by atoms with Crippen LogP contribution in [0.1, 0.15) is 99.1 Å². The van der Waals surface area contributed by atoms with Crippen LogP contribution in [0.15, 0.2) is 24.3 Å². The van der Waals surface area contributed by atoms with Gasteiger partial charge in [0.1, 0.15) is 23.4 Å². The van der Waals surface area contributed by atoms with E-state index in [4.69, 9.17) is 4.74 Å². The average molecular weight is 506 g/mol. The van der Waals surface area contributed by atoms with Gasteiger partial charge in [-0.1, -0.05) is 45.7 Å². The average Bonchev–Trinajstić information content (AvgIpc) is 2.76. The number of alkyl carbamates (subject to hydrolysis) is 1. The van der Waals surface area contributed by atoms with Crippen LogP contribution in [-0.2, 0) is 14.3 Å². The monoisotopic (exact) mass is 505 g/mol. The third kappa shape index (κ3) is 10.9. The van der Waals surface area contributed by atoms with E-state index in [9.17, 15) is 19.5 Å². The zero-order chi connectivity index (χ0) is 27.5. The Morgan fingerprint density at radius 1 is 1.06 bits per heavy atom. The predicted molar refractivity (Wildman–Crippen MR) is 143 cm³/mol. The molecule has 3 amide bonds. The van der Waals surface area contributed by atoms with Crippen LogP contribution in [0.3, 0.4) is 0 Å². The fraction of sp³-hybridized carbons (Fsp3) is 0.679. The van der Waals surface area contributed by atoms with Gasteiger partial charge in [0.05, 0.1) is 0 Å². The van der Waals surface area contributed by atoms with Crippen LogP contribution in [0.5, 0.6) is 5.75 Å². The Kier molecular flexibility index (Phi) is 12.8. The predicted octanol–water partition coefficient (Wildman–Crippen LogP) is 5.31. The molecule has 0 aromatic heterocycles. The number of unbranched alkanes of at least 4 members (excludes halogenated alkanes) is 2. The van der Waals surface area contributed by atoms with Crippen molar-refractivity contribution >= 4 is 17.9 Å². The lowest BCUT2D eigenvalue weighted by Crippen LogP contribution is -2.54. The van der Waals surface area contributed by atoms with Crippen molar-refractivity contribution in [2.75, 3.05) is 6.54 Å². The van der Waals surface area contributed by atoms with E-state index in [-0.39, 0.29) is 17.7 Å². The van der Waals surface area contributed by atoms with E-state index in [1.165, 1.54) is 12.1 Å².